The number of H-pyrrole nitrogens is 1. The van der Waals surface area contributed by atoms with Crippen LogP contribution in [0.4, 0.5) is 0 Å². The van der Waals surface area contributed by atoms with E-state index in [9.17, 15) is 26.7 Å². The Hall–Kier alpha value is -4.34. The molecule has 54 heavy (non-hydrogen) atoms. The van der Waals surface area contributed by atoms with Crippen molar-refractivity contribution in [2.75, 3.05) is 32.8 Å². The second kappa shape index (κ2) is 16.2. The zero-order valence-corrected chi connectivity index (χ0v) is 32.6. The summed E-state index contributed by atoms with van der Waals surface area (Å²) in [6.07, 6.45) is 1.74. The van der Waals surface area contributed by atoms with Crippen LogP contribution in [0, 0.1) is 18.8 Å². The highest BCUT2D eigenvalue weighted by atomic mass is 32.2. The third-order valence-corrected chi connectivity index (χ3v) is 13.9. The lowest BCUT2D eigenvalue weighted by molar-refractivity contribution is -0.139. The minimum Gasteiger partial charge on any atom is -0.482 e. The molecule has 0 radical (unpaired) electrons. The number of sulfonamides is 2. The van der Waals surface area contributed by atoms with Crippen LogP contribution in [0.5, 0.6) is 5.75 Å². The molecule has 0 spiro atoms. The maximum absolute atomic E-state index is 14.2. The molecule has 3 heterocycles. The number of aliphatic carboxylic acids is 1. The SMILES string of the molecule is C=C(C)[C@@H]1C[C@@H](c2ccc(-c3ccccc3)cc2)[C@@H](CC(C)C)O[C@H]1c1cc(S(=O)(=O)N2CCN(S(=O)(=O)c3cnc(C)[nH]3)CC2)ccc1OCC(=O)O. The Morgan fingerprint density at radius 1 is 0.963 bits per heavy atom. The Kier molecular flexibility index (Phi) is 11.8. The third-order valence-electron chi connectivity index (χ3n) is 10.2. The Bertz CT molecular complexity index is 2180. The summed E-state index contributed by atoms with van der Waals surface area (Å²) in [7, 11) is -7.99. The molecule has 14 heteroatoms. The van der Waals surface area contributed by atoms with Gasteiger partial charge < -0.3 is 19.6 Å². The average molecular weight is 777 g/mol. The number of hydrogen-bond acceptors (Lipinski definition) is 8. The number of nitrogens with one attached hydrogen (secondary N) is 1. The molecule has 4 aromatic rings. The second-order valence-electron chi connectivity index (χ2n) is 14.5. The van der Waals surface area contributed by atoms with Gasteiger partial charge in [-0.05, 0) is 67.5 Å². The van der Waals surface area contributed by atoms with E-state index in [0.717, 1.165) is 28.7 Å². The first-order valence-corrected chi connectivity index (χ1v) is 21.0. The molecule has 2 N–H and O–H groups in total. The monoisotopic (exact) mass is 776 g/mol. The van der Waals surface area contributed by atoms with Crippen molar-refractivity contribution in [1.82, 2.24) is 18.6 Å². The molecule has 3 aromatic carbocycles. The molecule has 2 aliphatic heterocycles. The maximum atomic E-state index is 14.2. The molecule has 2 aliphatic rings. The van der Waals surface area contributed by atoms with E-state index in [0.29, 0.717) is 17.8 Å². The van der Waals surface area contributed by atoms with Crippen molar-refractivity contribution < 1.29 is 36.2 Å². The summed E-state index contributed by atoms with van der Waals surface area (Å²) in [4.78, 5) is 18.3. The van der Waals surface area contributed by atoms with Crippen LogP contribution in [0.1, 0.15) is 62.6 Å². The van der Waals surface area contributed by atoms with E-state index in [-0.39, 0.29) is 65.7 Å². The summed E-state index contributed by atoms with van der Waals surface area (Å²) in [6, 6.07) is 23.1. The van der Waals surface area contributed by atoms with Gasteiger partial charge in [-0.3, -0.25) is 0 Å². The first-order chi connectivity index (χ1) is 25.6. The van der Waals surface area contributed by atoms with E-state index in [1.165, 1.54) is 33.0 Å². The van der Waals surface area contributed by atoms with E-state index in [1.54, 1.807) is 6.92 Å². The molecule has 0 amide bonds. The molecular weight excluding hydrogens is 729 g/mol. The number of aromatic nitrogens is 2. The zero-order valence-electron chi connectivity index (χ0n) is 31.0. The number of benzene rings is 3. The van der Waals surface area contributed by atoms with Crippen LogP contribution < -0.4 is 4.74 Å². The van der Waals surface area contributed by atoms with Crippen molar-refractivity contribution in [2.24, 2.45) is 11.8 Å². The number of piperazine rings is 1. The number of aromatic amines is 1. The normalized spacial score (nSPS) is 21.6. The van der Waals surface area contributed by atoms with E-state index >= 15 is 0 Å². The van der Waals surface area contributed by atoms with Crippen molar-refractivity contribution >= 4 is 26.0 Å². The van der Waals surface area contributed by atoms with Crippen LogP contribution >= 0.6 is 0 Å². The Morgan fingerprint density at radius 2 is 1.59 bits per heavy atom. The summed E-state index contributed by atoms with van der Waals surface area (Å²) in [5, 5.41) is 9.45. The van der Waals surface area contributed by atoms with E-state index < -0.39 is 38.7 Å². The third kappa shape index (κ3) is 8.47. The number of imidazole rings is 1. The van der Waals surface area contributed by atoms with E-state index in [2.05, 4.69) is 66.8 Å². The van der Waals surface area contributed by atoms with Crippen LogP contribution in [0.15, 0.2) is 101 Å². The second-order valence-corrected chi connectivity index (χ2v) is 18.4. The number of aryl methyl sites for hydroxylation is 1. The van der Waals surface area contributed by atoms with Crippen LogP contribution in [0.2, 0.25) is 0 Å². The maximum Gasteiger partial charge on any atom is 0.341 e. The molecule has 0 unspecified atom stereocenters. The number of ether oxygens (including phenoxy) is 2. The number of hydrogen-bond donors (Lipinski definition) is 2. The fourth-order valence-electron chi connectivity index (χ4n) is 7.41. The highest BCUT2D eigenvalue weighted by molar-refractivity contribution is 7.89. The van der Waals surface area contributed by atoms with Crippen molar-refractivity contribution in [1.29, 1.82) is 0 Å². The lowest BCUT2D eigenvalue weighted by Crippen LogP contribution is -2.50. The molecule has 2 fully saturated rings. The number of carbonyl (C=O) groups is 1. The smallest absolute Gasteiger partial charge is 0.341 e. The lowest BCUT2D eigenvalue weighted by atomic mass is 9.74. The minimum absolute atomic E-state index is 0.0173. The van der Waals surface area contributed by atoms with Gasteiger partial charge in [0.15, 0.2) is 11.6 Å². The number of nitrogens with zero attached hydrogens (tertiary/aromatic N) is 3. The highest BCUT2D eigenvalue weighted by Gasteiger charge is 2.42. The molecule has 12 nitrogen and oxygen atoms in total. The number of carboxylic acids is 1. The van der Waals surface area contributed by atoms with Gasteiger partial charge in [-0.2, -0.15) is 8.61 Å². The number of rotatable bonds is 13. The van der Waals surface area contributed by atoms with Crippen LogP contribution in [-0.2, 0) is 29.6 Å². The summed E-state index contributed by atoms with van der Waals surface area (Å²) in [5.74, 6) is -0.445. The van der Waals surface area contributed by atoms with Crippen molar-refractivity contribution in [3.05, 3.63) is 108 Å². The zero-order chi connectivity index (χ0) is 38.8. The molecule has 2 saturated heterocycles. The fraction of sp³-hybridized carbons (Fsp3) is 0.400. The Labute approximate surface area is 317 Å². The van der Waals surface area contributed by atoms with Gasteiger partial charge in [-0.25, -0.2) is 26.6 Å². The predicted molar refractivity (Wildman–Crippen MR) is 205 cm³/mol. The average Bonchev–Trinajstić information content (AvgIpc) is 3.61. The summed E-state index contributed by atoms with van der Waals surface area (Å²) in [6.45, 7) is 11.3. The van der Waals surface area contributed by atoms with E-state index in [4.69, 9.17) is 9.47 Å². The van der Waals surface area contributed by atoms with Crippen molar-refractivity contribution in [3.63, 3.8) is 0 Å². The first kappa shape index (κ1) is 39.4. The molecule has 288 valence electrons. The van der Waals surface area contributed by atoms with E-state index in [1.807, 2.05) is 25.1 Å². The first-order valence-electron chi connectivity index (χ1n) is 18.1. The van der Waals surface area contributed by atoms with Crippen molar-refractivity contribution in [3.8, 4) is 16.9 Å². The highest BCUT2D eigenvalue weighted by Crippen LogP contribution is 2.50. The Morgan fingerprint density at radius 3 is 2.17 bits per heavy atom. The van der Waals surface area contributed by atoms with Gasteiger partial charge in [-0.1, -0.05) is 80.6 Å². The van der Waals surface area contributed by atoms with Gasteiger partial charge in [0, 0.05) is 43.6 Å². The van der Waals surface area contributed by atoms with Gasteiger partial charge in [0.05, 0.1) is 23.3 Å². The van der Waals surface area contributed by atoms with Gasteiger partial charge in [0.1, 0.15) is 11.6 Å². The van der Waals surface area contributed by atoms with Gasteiger partial charge >= 0.3 is 5.97 Å². The van der Waals surface area contributed by atoms with Crippen LogP contribution in [0.25, 0.3) is 11.1 Å². The lowest BCUT2D eigenvalue weighted by Gasteiger charge is -2.44. The largest absolute Gasteiger partial charge is 0.482 e. The topological polar surface area (TPSA) is 159 Å². The van der Waals surface area contributed by atoms with Crippen molar-refractivity contribution in [2.45, 2.75) is 68.6 Å². The summed E-state index contributed by atoms with van der Waals surface area (Å²) < 4.78 is 70.0. The van der Waals surface area contributed by atoms with Gasteiger partial charge in [0.2, 0.25) is 10.0 Å². The molecule has 0 aliphatic carbocycles. The van der Waals surface area contributed by atoms with Gasteiger partial charge in [0.25, 0.3) is 10.0 Å². The van der Waals surface area contributed by atoms with Crippen LogP contribution in [0.3, 0.4) is 0 Å². The summed E-state index contributed by atoms with van der Waals surface area (Å²) >= 11 is 0. The molecule has 0 saturated carbocycles. The Balaban J connectivity index is 1.31. The predicted octanol–water partition coefficient (Wildman–Crippen LogP) is 6.40. The fourth-order valence-corrected chi connectivity index (χ4v) is 10.3. The van der Waals surface area contributed by atoms with Gasteiger partial charge in [-0.15, -0.1) is 0 Å². The van der Waals surface area contributed by atoms with Crippen LogP contribution in [-0.4, -0.2) is 85.4 Å². The molecule has 0 bridgehead atoms. The molecular formula is C40H48N4O8S2. The molecule has 4 atom stereocenters. The molecule has 1 aromatic heterocycles. The number of carboxylic acid groups (broad SMARTS) is 1. The standard InChI is InChI=1S/C40H48N4O8S2/c1-26(2)21-37-34(31-13-11-30(12-14-31)29-9-7-6-8-10-29)23-33(27(3)4)40(52-37)35-22-32(15-16-36(35)51-25-39(45)46)53(47,48)43-17-19-44(20-18-43)54(49,50)38-24-41-28(5)42-38/h6-16,22,24,26,33-34,37,40H,3,17-21,23,25H2,1-2,4-5H3,(H,41,42)(H,45,46)/t33-,34-,37+,40+/m0/s1. The molecule has 6 rings (SSSR count). The minimum atomic E-state index is -4.11. The quantitative estimate of drug-likeness (QED) is 0.147. The summed E-state index contributed by atoms with van der Waals surface area (Å²) in [5.41, 5.74) is 4.64.